The second-order valence-electron chi connectivity index (χ2n) is 4.77. The van der Waals surface area contributed by atoms with Crippen molar-refractivity contribution in [1.29, 1.82) is 0 Å². The molecule has 94 valence electrons. The van der Waals surface area contributed by atoms with E-state index >= 15 is 0 Å². The summed E-state index contributed by atoms with van der Waals surface area (Å²) >= 11 is 0. The Morgan fingerprint density at radius 1 is 1.12 bits per heavy atom. The van der Waals surface area contributed by atoms with E-state index in [0.29, 0.717) is 12.1 Å². The molecule has 0 aliphatic heterocycles. The van der Waals surface area contributed by atoms with Gasteiger partial charge in [-0.25, -0.2) is 0 Å². The van der Waals surface area contributed by atoms with Crippen molar-refractivity contribution in [2.45, 2.75) is 51.2 Å². The fourth-order valence-corrected chi connectivity index (χ4v) is 2.58. The lowest BCUT2D eigenvalue weighted by Gasteiger charge is -2.26. The van der Waals surface area contributed by atoms with Crippen LogP contribution in [0.4, 0.5) is 0 Å². The van der Waals surface area contributed by atoms with Crippen molar-refractivity contribution in [3.05, 3.63) is 30.3 Å². The van der Waals surface area contributed by atoms with E-state index < -0.39 is 0 Å². The van der Waals surface area contributed by atoms with Gasteiger partial charge in [0.1, 0.15) is 11.9 Å². The number of para-hydroxylation sites is 1. The van der Waals surface area contributed by atoms with Gasteiger partial charge in [0.2, 0.25) is 0 Å². The van der Waals surface area contributed by atoms with Gasteiger partial charge < -0.3 is 10.1 Å². The molecule has 2 nitrogen and oxygen atoms in total. The van der Waals surface area contributed by atoms with Gasteiger partial charge in [-0.2, -0.15) is 0 Å². The third kappa shape index (κ3) is 3.74. The molecule has 1 N–H and O–H groups in total. The quantitative estimate of drug-likeness (QED) is 0.805. The summed E-state index contributed by atoms with van der Waals surface area (Å²) in [6.45, 7) is 3.20. The minimum absolute atomic E-state index is 0.333. The van der Waals surface area contributed by atoms with Crippen LogP contribution in [0.2, 0.25) is 0 Å². The average molecular weight is 233 g/mol. The summed E-state index contributed by atoms with van der Waals surface area (Å²) in [5.74, 6) is 1.00. The largest absolute Gasteiger partial charge is 0.489 e. The molecule has 1 aliphatic rings. The highest BCUT2D eigenvalue weighted by Gasteiger charge is 2.24. The molecular formula is C15H23NO. The molecule has 2 atom stereocenters. The molecule has 1 aliphatic carbocycles. The fourth-order valence-electron chi connectivity index (χ4n) is 2.58. The van der Waals surface area contributed by atoms with Crippen LogP contribution >= 0.6 is 0 Å². The maximum atomic E-state index is 6.14. The van der Waals surface area contributed by atoms with Crippen molar-refractivity contribution in [2.24, 2.45) is 0 Å². The lowest BCUT2D eigenvalue weighted by molar-refractivity contribution is 0.145. The number of hydrogen-bond acceptors (Lipinski definition) is 2. The van der Waals surface area contributed by atoms with Crippen LogP contribution in [0.3, 0.4) is 0 Å². The summed E-state index contributed by atoms with van der Waals surface area (Å²) in [6.07, 6.45) is 6.71. The smallest absolute Gasteiger partial charge is 0.119 e. The van der Waals surface area contributed by atoms with Gasteiger partial charge in [-0.15, -0.1) is 0 Å². The van der Waals surface area contributed by atoms with Crippen LogP contribution in [0.5, 0.6) is 5.75 Å². The highest BCUT2D eigenvalue weighted by atomic mass is 16.5. The van der Waals surface area contributed by atoms with Gasteiger partial charge in [-0.3, -0.25) is 0 Å². The highest BCUT2D eigenvalue weighted by Crippen LogP contribution is 2.23. The van der Waals surface area contributed by atoms with E-state index in [9.17, 15) is 0 Å². The third-order valence-corrected chi connectivity index (χ3v) is 3.45. The SMILES string of the molecule is CCNC1CCCCCC1Oc1ccccc1. The molecular weight excluding hydrogens is 210 g/mol. The van der Waals surface area contributed by atoms with Gasteiger partial charge >= 0.3 is 0 Å². The first-order valence-corrected chi connectivity index (χ1v) is 6.85. The van der Waals surface area contributed by atoms with Gasteiger partial charge in [0.05, 0.1) is 0 Å². The summed E-state index contributed by atoms with van der Waals surface area (Å²) in [4.78, 5) is 0. The van der Waals surface area contributed by atoms with E-state index in [1.807, 2.05) is 30.3 Å². The number of hydrogen-bond donors (Lipinski definition) is 1. The van der Waals surface area contributed by atoms with Gasteiger partial charge in [0.25, 0.3) is 0 Å². The summed E-state index contributed by atoms with van der Waals surface area (Å²) in [7, 11) is 0. The molecule has 0 saturated heterocycles. The van der Waals surface area contributed by atoms with Crippen molar-refractivity contribution < 1.29 is 4.74 Å². The van der Waals surface area contributed by atoms with Crippen molar-refractivity contribution in [3.8, 4) is 5.75 Å². The molecule has 0 spiro atoms. The maximum absolute atomic E-state index is 6.14. The minimum Gasteiger partial charge on any atom is -0.489 e. The number of ether oxygens (including phenoxy) is 1. The second kappa shape index (κ2) is 6.65. The third-order valence-electron chi connectivity index (χ3n) is 3.45. The van der Waals surface area contributed by atoms with Crippen LogP contribution in [-0.2, 0) is 0 Å². The second-order valence-corrected chi connectivity index (χ2v) is 4.77. The molecule has 2 rings (SSSR count). The molecule has 0 aromatic heterocycles. The predicted octanol–water partition coefficient (Wildman–Crippen LogP) is 3.38. The van der Waals surface area contributed by atoms with E-state index in [2.05, 4.69) is 12.2 Å². The summed E-state index contributed by atoms with van der Waals surface area (Å²) in [5, 5.41) is 3.57. The predicted molar refractivity (Wildman–Crippen MR) is 71.4 cm³/mol. The zero-order valence-electron chi connectivity index (χ0n) is 10.7. The Morgan fingerprint density at radius 2 is 1.88 bits per heavy atom. The zero-order valence-corrected chi connectivity index (χ0v) is 10.7. The van der Waals surface area contributed by atoms with E-state index in [0.717, 1.165) is 12.3 Å². The number of nitrogens with one attached hydrogen (secondary N) is 1. The number of benzene rings is 1. The Hall–Kier alpha value is -1.02. The Kier molecular flexibility index (Phi) is 4.87. The van der Waals surface area contributed by atoms with Gasteiger partial charge in [-0.05, 0) is 37.9 Å². The zero-order chi connectivity index (χ0) is 11.9. The van der Waals surface area contributed by atoms with Crippen LogP contribution in [0.25, 0.3) is 0 Å². The molecule has 2 unspecified atom stereocenters. The topological polar surface area (TPSA) is 21.3 Å². The van der Waals surface area contributed by atoms with Crippen LogP contribution < -0.4 is 10.1 Å². The molecule has 17 heavy (non-hydrogen) atoms. The van der Waals surface area contributed by atoms with Crippen LogP contribution in [0.1, 0.15) is 39.0 Å². The van der Waals surface area contributed by atoms with Gasteiger partial charge in [0, 0.05) is 6.04 Å². The van der Waals surface area contributed by atoms with Crippen molar-refractivity contribution in [2.75, 3.05) is 6.54 Å². The molecule has 1 fully saturated rings. The first-order valence-electron chi connectivity index (χ1n) is 6.85. The van der Waals surface area contributed by atoms with Crippen LogP contribution in [-0.4, -0.2) is 18.7 Å². The molecule has 2 heteroatoms. The Balaban J connectivity index is 1.99. The standard InChI is InChI=1S/C15H23NO/c1-2-16-14-11-7-4-8-12-15(14)17-13-9-5-3-6-10-13/h3,5-6,9-10,14-16H,2,4,7-8,11-12H2,1H3. The van der Waals surface area contributed by atoms with E-state index in [-0.39, 0.29) is 0 Å². The maximum Gasteiger partial charge on any atom is 0.119 e. The number of rotatable bonds is 4. The molecule has 0 bridgehead atoms. The van der Waals surface area contributed by atoms with E-state index in [4.69, 9.17) is 4.74 Å². The molecule has 1 aromatic carbocycles. The van der Waals surface area contributed by atoms with Crippen LogP contribution in [0.15, 0.2) is 30.3 Å². The number of likely N-dealkylation sites (N-methyl/N-ethyl adjacent to an activating group) is 1. The molecule has 1 aromatic rings. The first-order chi connectivity index (χ1) is 8.40. The first kappa shape index (κ1) is 12.4. The molecule has 0 heterocycles. The lowest BCUT2D eigenvalue weighted by atomic mass is 10.1. The van der Waals surface area contributed by atoms with Crippen molar-refractivity contribution in [1.82, 2.24) is 5.32 Å². The summed E-state index contributed by atoms with van der Waals surface area (Å²) in [6, 6.07) is 10.7. The fraction of sp³-hybridized carbons (Fsp3) is 0.600. The molecule has 1 saturated carbocycles. The minimum atomic E-state index is 0.333. The summed E-state index contributed by atoms with van der Waals surface area (Å²) < 4.78 is 6.14. The Bertz CT molecular complexity index is 312. The van der Waals surface area contributed by atoms with Gasteiger partial charge in [0.15, 0.2) is 0 Å². The molecule has 0 radical (unpaired) electrons. The highest BCUT2D eigenvalue weighted by molar-refractivity contribution is 5.21. The van der Waals surface area contributed by atoms with Crippen LogP contribution in [0, 0.1) is 0 Å². The van der Waals surface area contributed by atoms with E-state index in [1.165, 1.54) is 32.1 Å². The van der Waals surface area contributed by atoms with Gasteiger partial charge in [-0.1, -0.05) is 38.0 Å². The Morgan fingerprint density at radius 3 is 2.65 bits per heavy atom. The van der Waals surface area contributed by atoms with E-state index in [1.54, 1.807) is 0 Å². The molecule has 0 amide bonds. The monoisotopic (exact) mass is 233 g/mol. The van der Waals surface area contributed by atoms with Crippen molar-refractivity contribution >= 4 is 0 Å². The van der Waals surface area contributed by atoms with Crippen molar-refractivity contribution in [3.63, 3.8) is 0 Å². The Labute approximate surface area is 104 Å². The lowest BCUT2D eigenvalue weighted by Crippen LogP contribution is -2.42. The average Bonchev–Trinajstić information content (AvgIpc) is 2.57. The normalized spacial score (nSPS) is 25.2. The summed E-state index contributed by atoms with van der Waals surface area (Å²) in [5.41, 5.74) is 0.